The molecule has 0 radical (unpaired) electrons. The summed E-state index contributed by atoms with van der Waals surface area (Å²) in [7, 11) is 0. The molecule has 7 heteroatoms. The molecular weight excluding hydrogens is 322 g/mol. The Kier molecular flexibility index (Phi) is 4.59. The zero-order chi connectivity index (χ0) is 18.0. The van der Waals surface area contributed by atoms with Crippen LogP contribution in [0.3, 0.4) is 0 Å². The van der Waals surface area contributed by atoms with Gasteiger partial charge in [0.15, 0.2) is 5.60 Å². The maximum atomic E-state index is 12.7. The highest BCUT2D eigenvalue weighted by Gasteiger charge is 2.40. The maximum Gasteiger partial charge on any atom is 0.335 e. The van der Waals surface area contributed by atoms with E-state index in [4.69, 9.17) is 5.11 Å². The second-order valence-corrected chi connectivity index (χ2v) is 6.42. The molecule has 1 aromatic heterocycles. The van der Waals surface area contributed by atoms with Crippen molar-refractivity contribution in [1.29, 1.82) is 0 Å². The largest absolute Gasteiger partial charge is 0.479 e. The Bertz CT molecular complexity index is 777. The average molecular weight is 343 g/mol. The van der Waals surface area contributed by atoms with Crippen LogP contribution in [0.5, 0.6) is 0 Å². The van der Waals surface area contributed by atoms with Gasteiger partial charge in [-0.2, -0.15) is 5.10 Å². The summed E-state index contributed by atoms with van der Waals surface area (Å²) in [5, 5.41) is 23.4. The van der Waals surface area contributed by atoms with Crippen molar-refractivity contribution in [2.75, 3.05) is 13.1 Å². The third-order valence-corrected chi connectivity index (χ3v) is 4.78. The van der Waals surface area contributed by atoms with E-state index in [0.29, 0.717) is 12.1 Å². The van der Waals surface area contributed by atoms with Crippen LogP contribution in [0.15, 0.2) is 36.5 Å². The maximum absolute atomic E-state index is 12.7. The number of carboxylic acids is 1. The first kappa shape index (κ1) is 17.2. The number of piperidine rings is 1. The molecule has 1 saturated heterocycles. The zero-order valence-corrected chi connectivity index (χ0v) is 14.1. The normalized spacial score (nSPS) is 16.6. The Morgan fingerprint density at radius 1 is 1.20 bits per heavy atom. The number of amides is 1. The number of aliphatic carboxylic acids is 1. The molecule has 1 aliphatic heterocycles. The standard InChI is InChI=1S/C18H21N3O4/c1-13-15(11-19-21(13)12-14-5-3-2-4-6-14)16(22)20-9-7-18(25,8-10-20)17(23)24/h2-6,11,25H,7-10,12H2,1H3,(H,23,24). The van der Waals surface area contributed by atoms with E-state index in [-0.39, 0.29) is 31.8 Å². The van der Waals surface area contributed by atoms with Gasteiger partial charge >= 0.3 is 5.97 Å². The van der Waals surface area contributed by atoms with E-state index in [2.05, 4.69) is 5.10 Å². The Hall–Kier alpha value is -2.67. The highest BCUT2D eigenvalue weighted by molar-refractivity contribution is 5.95. The first-order chi connectivity index (χ1) is 11.9. The first-order valence-corrected chi connectivity index (χ1v) is 8.22. The summed E-state index contributed by atoms with van der Waals surface area (Å²) in [5.41, 5.74) is 0.644. The number of hydrogen-bond acceptors (Lipinski definition) is 4. The fraction of sp³-hybridized carbons (Fsp3) is 0.389. The number of benzene rings is 1. The number of nitrogens with zero attached hydrogens (tertiary/aromatic N) is 3. The van der Waals surface area contributed by atoms with Gasteiger partial charge in [-0.15, -0.1) is 0 Å². The van der Waals surface area contributed by atoms with E-state index in [9.17, 15) is 14.7 Å². The van der Waals surface area contributed by atoms with Crippen molar-refractivity contribution >= 4 is 11.9 Å². The molecule has 25 heavy (non-hydrogen) atoms. The predicted molar refractivity (Wildman–Crippen MR) is 90.2 cm³/mol. The second-order valence-electron chi connectivity index (χ2n) is 6.42. The summed E-state index contributed by atoms with van der Waals surface area (Å²) >= 11 is 0. The number of hydrogen-bond donors (Lipinski definition) is 2. The number of aliphatic hydroxyl groups is 1. The van der Waals surface area contributed by atoms with Crippen LogP contribution in [-0.4, -0.2) is 55.5 Å². The number of rotatable bonds is 4. The number of aromatic nitrogens is 2. The van der Waals surface area contributed by atoms with Crippen LogP contribution in [0.4, 0.5) is 0 Å². The first-order valence-electron chi connectivity index (χ1n) is 8.22. The number of carboxylic acid groups (broad SMARTS) is 1. The molecular formula is C18H21N3O4. The monoisotopic (exact) mass is 343 g/mol. The predicted octanol–water partition coefficient (Wildman–Crippen LogP) is 1.29. The van der Waals surface area contributed by atoms with Crippen molar-refractivity contribution < 1.29 is 19.8 Å². The van der Waals surface area contributed by atoms with Gasteiger partial charge in [-0.3, -0.25) is 9.48 Å². The van der Waals surface area contributed by atoms with Crippen LogP contribution in [0.25, 0.3) is 0 Å². The molecule has 0 bridgehead atoms. The van der Waals surface area contributed by atoms with Crippen molar-refractivity contribution in [2.45, 2.75) is 31.9 Å². The lowest BCUT2D eigenvalue weighted by molar-refractivity contribution is -0.162. The molecule has 7 nitrogen and oxygen atoms in total. The fourth-order valence-corrected chi connectivity index (χ4v) is 3.04. The van der Waals surface area contributed by atoms with Gasteiger partial charge in [-0.05, 0) is 12.5 Å². The van der Waals surface area contributed by atoms with Crippen molar-refractivity contribution in [1.82, 2.24) is 14.7 Å². The topological polar surface area (TPSA) is 95.7 Å². The average Bonchev–Trinajstić information content (AvgIpc) is 2.96. The summed E-state index contributed by atoms with van der Waals surface area (Å²) in [5.74, 6) is -1.41. The molecule has 2 N–H and O–H groups in total. The van der Waals surface area contributed by atoms with Gasteiger partial charge in [0.1, 0.15) is 0 Å². The minimum Gasteiger partial charge on any atom is -0.479 e. The van der Waals surface area contributed by atoms with E-state index in [1.807, 2.05) is 37.3 Å². The van der Waals surface area contributed by atoms with Gasteiger partial charge in [0, 0.05) is 31.6 Å². The molecule has 0 spiro atoms. The molecule has 0 aliphatic carbocycles. The summed E-state index contributed by atoms with van der Waals surface area (Å²) in [4.78, 5) is 25.4. The molecule has 0 saturated carbocycles. The quantitative estimate of drug-likeness (QED) is 0.872. The molecule has 1 aromatic carbocycles. The Balaban J connectivity index is 1.71. The minimum atomic E-state index is -1.73. The Labute approximate surface area is 145 Å². The van der Waals surface area contributed by atoms with Gasteiger partial charge in [-0.1, -0.05) is 30.3 Å². The van der Waals surface area contributed by atoms with Crippen LogP contribution in [-0.2, 0) is 11.3 Å². The van der Waals surface area contributed by atoms with Crippen LogP contribution in [0.1, 0.15) is 34.5 Å². The molecule has 3 rings (SSSR count). The summed E-state index contributed by atoms with van der Waals surface area (Å²) in [6.07, 6.45) is 1.62. The van der Waals surface area contributed by atoms with Crippen molar-refractivity contribution in [3.05, 3.63) is 53.3 Å². The number of carbonyl (C=O) groups excluding carboxylic acids is 1. The van der Waals surface area contributed by atoms with Gasteiger partial charge in [0.05, 0.1) is 18.3 Å². The van der Waals surface area contributed by atoms with Crippen LogP contribution >= 0.6 is 0 Å². The van der Waals surface area contributed by atoms with Gasteiger partial charge < -0.3 is 15.1 Å². The third kappa shape index (κ3) is 3.41. The SMILES string of the molecule is Cc1c(C(=O)N2CCC(O)(C(=O)O)CC2)cnn1Cc1ccccc1. The van der Waals surface area contributed by atoms with Gasteiger partial charge in [0.25, 0.3) is 5.91 Å². The van der Waals surface area contributed by atoms with Crippen LogP contribution in [0, 0.1) is 6.92 Å². The molecule has 0 atom stereocenters. The lowest BCUT2D eigenvalue weighted by Gasteiger charge is -2.35. The van der Waals surface area contributed by atoms with E-state index in [0.717, 1.165) is 11.3 Å². The van der Waals surface area contributed by atoms with Crippen LogP contribution < -0.4 is 0 Å². The third-order valence-electron chi connectivity index (χ3n) is 4.78. The van der Waals surface area contributed by atoms with Gasteiger partial charge in [0.2, 0.25) is 0 Å². The Morgan fingerprint density at radius 2 is 1.84 bits per heavy atom. The fourth-order valence-electron chi connectivity index (χ4n) is 3.04. The van der Waals surface area contributed by atoms with E-state index >= 15 is 0 Å². The minimum absolute atomic E-state index is 0.0330. The molecule has 2 aromatic rings. The number of carbonyl (C=O) groups is 2. The zero-order valence-electron chi connectivity index (χ0n) is 14.1. The highest BCUT2D eigenvalue weighted by atomic mass is 16.4. The molecule has 2 heterocycles. The highest BCUT2D eigenvalue weighted by Crippen LogP contribution is 2.24. The Morgan fingerprint density at radius 3 is 2.44 bits per heavy atom. The second kappa shape index (κ2) is 6.68. The summed E-state index contributed by atoms with van der Waals surface area (Å²) in [6.45, 7) is 2.86. The molecule has 1 amide bonds. The summed E-state index contributed by atoms with van der Waals surface area (Å²) < 4.78 is 1.78. The lowest BCUT2D eigenvalue weighted by Crippen LogP contribution is -2.50. The van der Waals surface area contributed by atoms with E-state index < -0.39 is 11.6 Å². The van der Waals surface area contributed by atoms with E-state index in [1.165, 1.54) is 0 Å². The molecule has 0 unspecified atom stereocenters. The van der Waals surface area contributed by atoms with Crippen molar-refractivity contribution in [3.63, 3.8) is 0 Å². The lowest BCUT2D eigenvalue weighted by atomic mass is 9.91. The van der Waals surface area contributed by atoms with E-state index in [1.54, 1.807) is 15.8 Å². The summed E-state index contributed by atoms with van der Waals surface area (Å²) in [6, 6.07) is 9.86. The molecule has 132 valence electrons. The van der Waals surface area contributed by atoms with Crippen molar-refractivity contribution in [3.8, 4) is 0 Å². The van der Waals surface area contributed by atoms with Crippen LogP contribution in [0.2, 0.25) is 0 Å². The van der Waals surface area contributed by atoms with Crippen molar-refractivity contribution in [2.24, 2.45) is 0 Å². The van der Waals surface area contributed by atoms with Gasteiger partial charge in [-0.25, -0.2) is 4.79 Å². The molecule has 1 fully saturated rings. The smallest absolute Gasteiger partial charge is 0.335 e. The molecule has 1 aliphatic rings. The number of likely N-dealkylation sites (tertiary alicyclic amines) is 1.